The number of halogens is 3. The number of nitrogens with zero attached hydrogens (tertiary/aromatic N) is 4. The first-order valence-electron chi connectivity index (χ1n) is 9.87. The van der Waals surface area contributed by atoms with Crippen LogP contribution in [0.1, 0.15) is 22.8 Å². The average Bonchev–Trinajstić information content (AvgIpc) is 3.46. The highest BCUT2D eigenvalue weighted by molar-refractivity contribution is 5.92. The van der Waals surface area contributed by atoms with Crippen LogP contribution in [0.4, 0.5) is 13.2 Å². The highest BCUT2D eigenvalue weighted by atomic mass is 19.4. The fourth-order valence-electron chi connectivity index (χ4n) is 3.04. The van der Waals surface area contributed by atoms with E-state index in [9.17, 15) is 18.0 Å². The maximum absolute atomic E-state index is 12.7. The minimum Gasteiger partial charge on any atom is -0.495 e. The van der Waals surface area contributed by atoms with Gasteiger partial charge < -0.3 is 34.3 Å². The van der Waals surface area contributed by atoms with Gasteiger partial charge in [-0.25, -0.2) is 15.8 Å². The monoisotopic (exact) mass is 484 g/mol. The van der Waals surface area contributed by atoms with Crippen LogP contribution in [-0.2, 0) is 11.3 Å². The van der Waals surface area contributed by atoms with Crippen molar-refractivity contribution in [3.05, 3.63) is 60.4 Å². The molecule has 3 heterocycles. The van der Waals surface area contributed by atoms with E-state index in [0.29, 0.717) is 19.5 Å². The van der Waals surface area contributed by atoms with Crippen molar-refractivity contribution in [2.45, 2.75) is 25.4 Å². The molecule has 1 fully saturated rings. The lowest BCUT2D eigenvalue weighted by Crippen LogP contribution is -2.40. The Bertz CT molecular complexity index is 1040. The zero-order chi connectivity index (χ0) is 24.9. The largest absolute Gasteiger partial charge is 0.574 e. The lowest BCUT2D eigenvalue weighted by atomic mass is 10.2. The van der Waals surface area contributed by atoms with Gasteiger partial charge in [0.2, 0.25) is 11.8 Å². The first-order valence-corrected chi connectivity index (χ1v) is 9.87. The van der Waals surface area contributed by atoms with Crippen LogP contribution < -0.4 is 21.1 Å². The van der Waals surface area contributed by atoms with Crippen LogP contribution >= 0.6 is 0 Å². The van der Waals surface area contributed by atoms with Crippen molar-refractivity contribution >= 4 is 5.91 Å². The molecular formula is C20H23F3N6O5. The Morgan fingerprint density at radius 3 is 2.85 bits per heavy atom. The van der Waals surface area contributed by atoms with E-state index in [-0.39, 0.29) is 47.3 Å². The normalized spacial score (nSPS) is 16.3. The summed E-state index contributed by atoms with van der Waals surface area (Å²) in [4.78, 5) is 21.9. The number of pyridine rings is 1. The quantitative estimate of drug-likeness (QED) is 0.234. The van der Waals surface area contributed by atoms with E-state index in [2.05, 4.69) is 21.3 Å². The number of hydrogen-bond acceptors (Lipinski definition) is 10. The first-order chi connectivity index (χ1) is 16.1. The lowest BCUT2D eigenvalue weighted by Gasteiger charge is -2.23. The van der Waals surface area contributed by atoms with Gasteiger partial charge in [-0.2, -0.15) is 0 Å². The lowest BCUT2D eigenvalue weighted by molar-refractivity contribution is -0.276. The molecule has 0 aliphatic carbocycles. The average molecular weight is 484 g/mol. The van der Waals surface area contributed by atoms with Crippen molar-refractivity contribution in [2.24, 2.45) is 11.6 Å². The first kappa shape index (κ1) is 24.7. The molecule has 0 saturated carbocycles. The predicted molar refractivity (Wildman–Crippen MR) is 111 cm³/mol. The molecule has 1 aliphatic rings. The van der Waals surface area contributed by atoms with Gasteiger partial charge in [0.25, 0.3) is 5.91 Å². The van der Waals surface area contributed by atoms with Gasteiger partial charge in [0, 0.05) is 25.4 Å². The number of carbonyl (C=O) groups is 1. The second kappa shape index (κ2) is 10.3. The molecule has 11 nitrogen and oxygen atoms in total. The highest BCUT2D eigenvalue weighted by Crippen LogP contribution is 2.23. The fourth-order valence-corrected chi connectivity index (χ4v) is 3.04. The number of ether oxygens (including phenoxy) is 3. The summed E-state index contributed by atoms with van der Waals surface area (Å²) in [6.45, 7) is 4.28. The summed E-state index contributed by atoms with van der Waals surface area (Å²) in [6, 6.07) is 2.08. The minimum absolute atomic E-state index is 0.0812. The van der Waals surface area contributed by atoms with E-state index in [1.165, 1.54) is 30.6 Å². The summed E-state index contributed by atoms with van der Waals surface area (Å²) in [6.07, 6.45) is -0.472. The number of oxazole rings is 1. The van der Waals surface area contributed by atoms with Crippen molar-refractivity contribution in [1.82, 2.24) is 19.9 Å². The molecule has 0 spiro atoms. The summed E-state index contributed by atoms with van der Waals surface area (Å²) in [7, 11) is 1.44. The SMILES string of the molecule is C=C(OC)/C(N)=C/N(N)C1CCN(C(=O)c2coc(COc3ccc(OC(F)(F)F)nc3)n2)C1. The number of rotatable bonds is 9. The van der Waals surface area contributed by atoms with Gasteiger partial charge in [-0.1, -0.05) is 6.58 Å². The number of hydrazine groups is 1. The minimum atomic E-state index is -4.84. The van der Waals surface area contributed by atoms with Gasteiger partial charge in [-0.15, -0.1) is 13.2 Å². The molecule has 0 bridgehead atoms. The third kappa shape index (κ3) is 6.54. The Morgan fingerprint density at radius 1 is 1.44 bits per heavy atom. The Kier molecular flexibility index (Phi) is 7.50. The molecular weight excluding hydrogens is 461 g/mol. The Labute approximate surface area is 192 Å². The number of nitrogens with two attached hydrogens (primary N) is 2. The summed E-state index contributed by atoms with van der Waals surface area (Å²) in [5.74, 6) is 5.61. The summed E-state index contributed by atoms with van der Waals surface area (Å²) >= 11 is 0. The standard InChI is InChI=1S/C20H23F3N6O5/c1-12(31-2)15(24)9-29(25)13-5-6-28(8-13)19(30)16-10-33-18(27-16)11-32-14-3-4-17(26-7-14)34-20(21,22)23/h3-4,7,9-10,13H,1,5-6,8,11,24-25H2,2H3/b15-9-. The number of carbonyl (C=O) groups excluding carboxylic acids is 1. The second-order valence-electron chi connectivity index (χ2n) is 7.15. The third-order valence-corrected chi connectivity index (χ3v) is 4.79. The van der Waals surface area contributed by atoms with Crippen LogP contribution in [0.3, 0.4) is 0 Å². The molecule has 14 heteroatoms. The van der Waals surface area contributed by atoms with E-state index in [0.717, 1.165) is 12.3 Å². The molecule has 34 heavy (non-hydrogen) atoms. The van der Waals surface area contributed by atoms with Gasteiger partial charge in [0.1, 0.15) is 17.8 Å². The summed E-state index contributed by atoms with van der Waals surface area (Å²) in [5.41, 5.74) is 6.18. The van der Waals surface area contributed by atoms with E-state index in [1.807, 2.05) is 0 Å². The van der Waals surface area contributed by atoms with Gasteiger partial charge in [0.15, 0.2) is 12.3 Å². The molecule has 0 radical (unpaired) electrons. The number of methoxy groups -OCH3 is 1. The van der Waals surface area contributed by atoms with Gasteiger partial charge in [-0.3, -0.25) is 4.79 Å². The van der Waals surface area contributed by atoms with Crippen LogP contribution in [-0.4, -0.2) is 58.4 Å². The number of amides is 1. The van der Waals surface area contributed by atoms with Crippen LogP contribution in [0.25, 0.3) is 0 Å². The van der Waals surface area contributed by atoms with Gasteiger partial charge in [-0.05, 0) is 12.5 Å². The van der Waals surface area contributed by atoms with Crippen molar-refractivity contribution < 1.29 is 36.6 Å². The van der Waals surface area contributed by atoms with Crippen LogP contribution in [0.5, 0.6) is 11.6 Å². The maximum Gasteiger partial charge on any atom is 0.574 e. The summed E-state index contributed by atoms with van der Waals surface area (Å²) < 4.78 is 55.8. The Hall–Kier alpha value is -3.94. The molecule has 1 amide bonds. The molecule has 4 N–H and O–H groups in total. The van der Waals surface area contributed by atoms with Crippen molar-refractivity contribution in [3.8, 4) is 11.6 Å². The number of alkyl halides is 3. The van der Waals surface area contributed by atoms with Crippen LogP contribution in [0.2, 0.25) is 0 Å². The van der Waals surface area contributed by atoms with Gasteiger partial charge >= 0.3 is 6.36 Å². The highest BCUT2D eigenvalue weighted by Gasteiger charge is 2.32. The number of likely N-dealkylation sites (tertiary alicyclic amines) is 1. The fraction of sp³-hybridized carbons (Fsp3) is 0.350. The molecule has 2 aromatic heterocycles. The van der Waals surface area contributed by atoms with Crippen molar-refractivity contribution in [3.63, 3.8) is 0 Å². The zero-order valence-corrected chi connectivity index (χ0v) is 18.1. The predicted octanol–water partition coefficient (Wildman–Crippen LogP) is 1.90. The molecule has 0 aromatic carbocycles. The summed E-state index contributed by atoms with van der Waals surface area (Å²) in [5, 5.41) is 1.41. The van der Waals surface area contributed by atoms with Crippen molar-refractivity contribution in [1.29, 1.82) is 0 Å². The van der Waals surface area contributed by atoms with Gasteiger partial charge in [0.05, 0.1) is 25.0 Å². The third-order valence-electron chi connectivity index (χ3n) is 4.79. The smallest absolute Gasteiger partial charge is 0.495 e. The molecule has 1 unspecified atom stereocenters. The number of aromatic nitrogens is 2. The van der Waals surface area contributed by atoms with Crippen LogP contribution in [0.15, 0.2) is 53.2 Å². The Balaban J connectivity index is 1.52. The molecule has 1 atom stereocenters. The topological polar surface area (TPSA) is 142 Å². The van der Waals surface area contributed by atoms with Crippen LogP contribution in [0, 0.1) is 0 Å². The molecule has 1 saturated heterocycles. The number of hydrogen-bond donors (Lipinski definition) is 2. The van der Waals surface area contributed by atoms with E-state index >= 15 is 0 Å². The van der Waals surface area contributed by atoms with Crippen molar-refractivity contribution in [2.75, 3.05) is 20.2 Å². The molecule has 3 rings (SSSR count). The maximum atomic E-state index is 12.7. The molecule has 2 aromatic rings. The van der Waals surface area contributed by atoms with E-state index in [1.54, 1.807) is 4.90 Å². The van der Waals surface area contributed by atoms with E-state index < -0.39 is 12.2 Å². The van der Waals surface area contributed by atoms with E-state index in [4.69, 9.17) is 25.5 Å². The molecule has 1 aliphatic heterocycles. The Morgan fingerprint density at radius 2 is 2.21 bits per heavy atom. The molecule has 184 valence electrons. The zero-order valence-electron chi connectivity index (χ0n) is 18.1. The second-order valence-corrected chi connectivity index (χ2v) is 7.15.